The fourth-order valence-electron chi connectivity index (χ4n) is 2.04. The first-order valence-electron chi connectivity index (χ1n) is 5.51. The average molecular weight is 210 g/mol. The van der Waals surface area contributed by atoms with Crippen LogP contribution in [0, 0.1) is 0 Å². The van der Waals surface area contributed by atoms with Gasteiger partial charge in [-0.3, -0.25) is 4.68 Å². The summed E-state index contributed by atoms with van der Waals surface area (Å²) in [4.78, 5) is 4.13. The standard InChI is InChI=1S/C10H18N4O/c1-14-7-12-10(13-14)6-11-8-4-2-3-5-9(8)15/h7-9,11,15H,2-6H2,1H3. The van der Waals surface area contributed by atoms with E-state index in [-0.39, 0.29) is 12.1 Å². The zero-order valence-corrected chi connectivity index (χ0v) is 9.06. The van der Waals surface area contributed by atoms with Crippen molar-refractivity contribution in [3.63, 3.8) is 0 Å². The van der Waals surface area contributed by atoms with Gasteiger partial charge in [0.2, 0.25) is 0 Å². The molecule has 0 aliphatic heterocycles. The molecule has 1 aromatic rings. The average Bonchev–Trinajstić information content (AvgIpc) is 2.63. The van der Waals surface area contributed by atoms with Crippen LogP contribution in [0.4, 0.5) is 0 Å². The Bertz CT molecular complexity index is 312. The van der Waals surface area contributed by atoms with Crippen molar-refractivity contribution < 1.29 is 5.11 Å². The minimum atomic E-state index is -0.206. The Hall–Kier alpha value is -0.940. The molecule has 0 spiro atoms. The summed E-state index contributed by atoms with van der Waals surface area (Å²) in [5.74, 6) is 0.787. The third-order valence-electron chi connectivity index (χ3n) is 2.90. The molecule has 5 heteroatoms. The van der Waals surface area contributed by atoms with Gasteiger partial charge in [0.05, 0.1) is 12.6 Å². The van der Waals surface area contributed by atoms with Gasteiger partial charge in [0.1, 0.15) is 6.33 Å². The Kier molecular flexibility index (Phi) is 3.33. The van der Waals surface area contributed by atoms with Gasteiger partial charge in [0, 0.05) is 13.1 Å². The van der Waals surface area contributed by atoms with Crippen LogP contribution >= 0.6 is 0 Å². The second kappa shape index (κ2) is 4.72. The van der Waals surface area contributed by atoms with E-state index in [9.17, 15) is 5.11 Å². The van der Waals surface area contributed by atoms with Gasteiger partial charge in [-0.1, -0.05) is 12.8 Å². The summed E-state index contributed by atoms with van der Waals surface area (Å²) in [6, 6.07) is 0.211. The number of aromatic nitrogens is 3. The lowest BCUT2D eigenvalue weighted by Crippen LogP contribution is -2.41. The first kappa shape index (κ1) is 10.6. The topological polar surface area (TPSA) is 63.0 Å². The van der Waals surface area contributed by atoms with Crippen LogP contribution in [0.2, 0.25) is 0 Å². The number of hydrogen-bond donors (Lipinski definition) is 2. The Morgan fingerprint density at radius 2 is 2.33 bits per heavy atom. The minimum Gasteiger partial charge on any atom is -0.392 e. The summed E-state index contributed by atoms with van der Waals surface area (Å²) < 4.78 is 1.69. The molecule has 0 saturated heterocycles. The summed E-state index contributed by atoms with van der Waals surface area (Å²) in [6.07, 6.45) is 5.78. The number of nitrogens with zero attached hydrogens (tertiary/aromatic N) is 3. The summed E-state index contributed by atoms with van der Waals surface area (Å²) in [6.45, 7) is 0.641. The van der Waals surface area contributed by atoms with E-state index in [0.717, 1.165) is 25.1 Å². The molecule has 84 valence electrons. The first-order valence-corrected chi connectivity index (χ1v) is 5.51. The number of aliphatic hydroxyl groups excluding tert-OH is 1. The largest absolute Gasteiger partial charge is 0.392 e. The van der Waals surface area contributed by atoms with E-state index >= 15 is 0 Å². The van der Waals surface area contributed by atoms with E-state index in [1.165, 1.54) is 6.42 Å². The van der Waals surface area contributed by atoms with Gasteiger partial charge in [-0.25, -0.2) is 4.98 Å². The van der Waals surface area contributed by atoms with Crippen molar-refractivity contribution in [2.75, 3.05) is 0 Å². The molecular weight excluding hydrogens is 192 g/mol. The van der Waals surface area contributed by atoms with Crippen molar-refractivity contribution >= 4 is 0 Å². The number of rotatable bonds is 3. The van der Waals surface area contributed by atoms with Gasteiger partial charge in [0.25, 0.3) is 0 Å². The highest BCUT2D eigenvalue weighted by atomic mass is 16.3. The second-order valence-corrected chi connectivity index (χ2v) is 4.17. The summed E-state index contributed by atoms with van der Waals surface area (Å²) >= 11 is 0. The van der Waals surface area contributed by atoms with Crippen molar-refractivity contribution in [2.24, 2.45) is 7.05 Å². The van der Waals surface area contributed by atoms with Crippen molar-refractivity contribution in [3.8, 4) is 0 Å². The van der Waals surface area contributed by atoms with Gasteiger partial charge < -0.3 is 10.4 Å². The fraction of sp³-hybridized carbons (Fsp3) is 0.800. The molecule has 0 aromatic carbocycles. The summed E-state index contributed by atoms with van der Waals surface area (Å²) in [7, 11) is 1.85. The molecule has 1 saturated carbocycles. The summed E-state index contributed by atoms with van der Waals surface area (Å²) in [5, 5.41) is 17.2. The predicted octanol–water partition coefficient (Wildman–Crippen LogP) is 0.208. The van der Waals surface area contributed by atoms with Gasteiger partial charge in [-0.2, -0.15) is 5.10 Å². The molecule has 0 bridgehead atoms. The molecule has 1 fully saturated rings. The predicted molar refractivity (Wildman–Crippen MR) is 56.1 cm³/mol. The van der Waals surface area contributed by atoms with E-state index in [1.54, 1.807) is 11.0 Å². The lowest BCUT2D eigenvalue weighted by Gasteiger charge is -2.27. The molecule has 15 heavy (non-hydrogen) atoms. The number of aryl methyl sites for hydroxylation is 1. The van der Waals surface area contributed by atoms with Crippen molar-refractivity contribution in [2.45, 2.75) is 44.4 Å². The van der Waals surface area contributed by atoms with Crippen LogP contribution in [-0.4, -0.2) is 32.0 Å². The van der Waals surface area contributed by atoms with Crippen LogP contribution in [0.3, 0.4) is 0 Å². The minimum absolute atomic E-state index is 0.206. The molecule has 1 heterocycles. The molecule has 0 radical (unpaired) electrons. The molecule has 1 aliphatic rings. The third kappa shape index (κ3) is 2.76. The molecule has 2 rings (SSSR count). The lowest BCUT2D eigenvalue weighted by atomic mass is 9.93. The molecule has 2 N–H and O–H groups in total. The Morgan fingerprint density at radius 1 is 1.53 bits per heavy atom. The molecule has 2 atom stereocenters. The van der Waals surface area contributed by atoms with Gasteiger partial charge in [-0.05, 0) is 12.8 Å². The van der Waals surface area contributed by atoms with E-state index in [2.05, 4.69) is 15.4 Å². The highest BCUT2D eigenvalue weighted by Crippen LogP contribution is 2.18. The molecule has 1 aliphatic carbocycles. The fourth-order valence-corrected chi connectivity index (χ4v) is 2.04. The Labute approximate surface area is 89.5 Å². The summed E-state index contributed by atoms with van der Waals surface area (Å²) in [5.41, 5.74) is 0. The first-order chi connectivity index (χ1) is 7.25. The SMILES string of the molecule is Cn1cnc(CNC2CCCCC2O)n1. The third-order valence-corrected chi connectivity index (χ3v) is 2.90. The maximum absolute atomic E-state index is 9.74. The monoisotopic (exact) mass is 210 g/mol. The van der Waals surface area contributed by atoms with Crippen LogP contribution in [0.5, 0.6) is 0 Å². The molecule has 2 unspecified atom stereocenters. The zero-order valence-electron chi connectivity index (χ0n) is 9.06. The Morgan fingerprint density at radius 3 is 3.00 bits per heavy atom. The number of aliphatic hydroxyl groups is 1. The highest BCUT2D eigenvalue weighted by Gasteiger charge is 2.22. The van der Waals surface area contributed by atoms with Crippen LogP contribution in [0.1, 0.15) is 31.5 Å². The highest BCUT2D eigenvalue weighted by molar-refractivity contribution is 4.85. The molecule has 5 nitrogen and oxygen atoms in total. The normalized spacial score (nSPS) is 26.8. The van der Waals surface area contributed by atoms with E-state index in [1.807, 2.05) is 7.05 Å². The van der Waals surface area contributed by atoms with E-state index < -0.39 is 0 Å². The quantitative estimate of drug-likeness (QED) is 0.748. The van der Waals surface area contributed by atoms with Crippen molar-refractivity contribution in [3.05, 3.63) is 12.2 Å². The zero-order chi connectivity index (χ0) is 10.7. The van der Waals surface area contributed by atoms with E-state index in [0.29, 0.717) is 6.54 Å². The maximum atomic E-state index is 9.74. The number of nitrogens with one attached hydrogen (secondary N) is 1. The smallest absolute Gasteiger partial charge is 0.164 e. The second-order valence-electron chi connectivity index (χ2n) is 4.17. The maximum Gasteiger partial charge on any atom is 0.164 e. The van der Waals surface area contributed by atoms with Gasteiger partial charge in [-0.15, -0.1) is 0 Å². The number of hydrogen-bond acceptors (Lipinski definition) is 4. The van der Waals surface area contributed by atoms with Gasteiger partial charge >= 0.3 is 0 Å². The molecule has 1 aromatic heterocycles. The molecule has 0 amide bonds. The van der Waals surface area contributed by atoms with Crippen LogP contribution in [-0.2, 0) is 13.6 Å². The van der Waals surface area contributed by atoms with Crippen molar-refractivity contribution in [1.29, 1.82) is 0 Å². The van der Waals surface area contributed by atoms with E-state index in [4.69, 9.17) is 0 Å². The van der Waals surface area contributed by atoms with Crippen LogP contribution in [0.15, 0.2) is 6.33 Å². The molecular formula is C10H18N4O. The van der Waals surface area contributed by atoms with Crippen LogP contribution in [0.25, 0.3) is 0 Å². The Balaban J connectivity index is 1.81. The van der Waals surface area contributed by atoms with Crippen molar-refractivity contribution in [1.82, 2.24) is 20.1 Å². The van der Waals surface area contributed by atoms with Gasteiger partial charge in [0.15, 0.2) is 5.82 Å². The lowest BCUT2D eigenvalue weighted by molar-refractivity contribution is 0.0899. The van der Waals surface area contributed by atoms with Crippen LogP contribution < -0.4 is 5.32 Å².